The fraction of sp³-hybridized carbons (Fsp3) is 0.261. The average Bonchev–Trinajstić information content (AvgIpc) is 2.85. The van der Waals surface area contributed by atoms with Crippen LogP contribution in [0, 0.1) is 5.82 Å². The molecule has 178 valence electrons. The van der Waals surface area contributed by atoms with E-state index in [1.807, 2.05) is 18.2 Å². The molecule has 34 heavy (non-hydrogen) atoms. The molecule has 0 bridgehead atoms. The number of amides is 1. The number of ether oxygens (including phenoxy) is 1. The van der Waals surface area contributed by atoms with E-state index in [9.17, 15) is 22.4 Å². The lowest BCUT2D eigenvalue weighted by atomic mass is 10.3. The monoisotopic (exact) mass is 486 g/mol. The van der Waals surface area contributed by atoms with E-state index in [0.717, 1.165) is 15.1 Å². The van der Waals surface area contributed by atoms with Crippen LogP contribution in [0.3, 0.4) is 0 Å². The minimum atomic E-state index is -4.01. The Hall–Kier alpha value is -3.57. The molecule has 1 fully saturated rings. The van der Waals surface area contributed by atoms with E-state index in [-0.39, 0.29) is 55.5 Å². The summed E-state index contributed by atoms with van der Waals surface area (Å²) >= 11 is 0. The molecule has 0 saturated carbocycles. The Bertz CT molecular complexity index is 1320. The van der Waals surface area contributed by atoms with Crippen molar-refractivity contribution in [3.8, 4) is 5.75 Å². The van der Waals surface area contributed by atoms with E-state index < -0.39 is 21.7 Å². The molecule has 1 aliphatic rings. The maximum Gasteiger partial charge on any atom is 0.274 e. The van der Waals surface area contributed by atoms with Crippen molar-refractivity contribution in [3.63, 3.8) is 0 Å². The Balaban J connectivity index is 1.39. The fourth-order valence-electron chi connectivity index (χ4n) is 3.58. The third-order valence-corrected chi connectivity index (χ3v) is 7.31. The topological polar surface area (TPSA) is 102 Å². The molecular weight excluding hydrogens is 463 g/mol. The van der Waals surface area contributed by atoms with Crippen LogP contribution in [-0.2, 0) is 16.6 Å². The van der Waals surface area contributed by atoms with Gasteiger partial charge in [-0.3, -0.25) is 9.59 Å². The van der Waals surface area contributed by atoms with Crippen LogP contribution in [0.1, 0.15) is 10.5 Å². The summed E-state index contributed by atoms with van der Waals surface area (Å²) in [6.45, 7) is 0.624. The van der Waals surface area contributed by atoms with Gasteiger partial charge in [0, 0.05) is 32.2 Å². The maximum absolute atomic E-state index is 14.0. The highest BCUT2D eigenvalue weighted by Gasteiger charge is 2.32. The Morgan fingerprint density at radius 3 is 2.32 bits per heavy atom. The summed E-state index contributed by atoms with van der Waals surface area (Å²) in [7, 11) is -4.01. The lowest BCUT2D eigenvalue weighted by Crippen LogP contribution is -2.51. The second kappa shape index (κ2) is 10.1. The minimum Gasteiger partial charge on any atom is -0.492 e. The summed E-state index contributed by atoms with van der Waals surface area (Å²) < 4.78 is 47.4. The molecule has 2 aromatic carbocycles. The largest absolute Gasteiger partial charge is 0.492 e. The number of sulfonamides is 1. The van der Waals surface area contributed by atoms with Gasteiger partial charge in [0.1, 0.15) is 28.8 Å². The van der Waals surface area contributed by atoms with Gasteiger partial charge in [-0.05, 0) is 30.3 Å². The highest BCUT2D eigenvalue weighted by Crippen LogP contribution is 2.20. The molecule has 1 aliphatic heterocycles. The zero-order valence-electron chi connectivity index (χ0n) is 18.2. The predicted octanol–water partition coefficient (Wildman–Crippen LogP) is 1.61. The van der Waals surface area contributed by atoms with E-state index in [4.69, 9.17) is 4.74 Å². The van der Waals surface area contributed by atoms with Crippen molar-refractivity contribution in [2.45, 2.75) is 11.4 Å². The first-order valence-electron chi connectivity index (χ1n) is 10.7. The van der Waals surface area contributed by atoms with Gasteiger partial charge in [-0.25, -0.2) is 17.5 Å². The standard InChI is InChI=1S/C23H23FN4O5S/c24-19-8-4-5-9-21(19)34(31,32)27-14-12-26(13-15-27)23(30)20-10-11-22(29)28(25-20)16-17-33-18-6-2-1-3-7-18/h1-11H,12-17H2. The lowest BCUT2D eigenvalue weighted by molar-refractivity contribution is 0.0688. The first-order valence-corrected chi connectivity index (χ1v) is 12.1. The summed E-state index contributed by atoms with van der Waals surface area (Å²) in [6.07, 6.45) is 0. The minimum absolute atomic E-state index is 0.0208. The third-order valence-electron chi connectivity index (χ3n) is 5.38. The van der Waals surface area contributed by atoms with Crippen molar-refractivity contribution in [2.24, 2.45) is 0 Å². The van der Waals surface area contributed by atoms with Crippen molar-refractivity contribution in [1.82, 2.24) is 19.0 Å². The quantitative estimate of drug-likeness (QED) is 0.503. The predicted molar refractivity (Wildman–Crippen MR) is 121 cm³/mol. The van der Waals surface area contributed by atoms with Crippen LogP contribution >= 0.6 is 0 Å². The van der Waals surface area contributed by atoms with Gasteiger partial charge in [0.25, 0.3) is 11.5 Å². The molecule has 0 radical (unpaired) electrons. The molecule has 0 aliphatic carbocycles. The van der Waals surface area contributed by atoms with E-state index in [2.05, 4.69) is 5.10 Å². The number of nitrogens with zero attached hydrogens (tertiary/aromatic N) is 4. The highest BCUT2D eigenvalue weighted by molar-refractivity contribution is 7.89. The molecule has 0 N–H and O–H groups in total. The van der Waals surface area contributed by atoms with Crippen LogP contribution in [0.2, 0.25) is 0 Å². The fourth-order valence-corrected chi connectivity index (χ4v) is 5.06. The Morgan fingerprint density at radius 1 is 0.941 bits per heavy atom. The number of hydrogen-bond acceptors (Lipinski definition) is 6. The molecule has 4 rings (SSSR count). The molecule has 2 heterocycles. The van der Waals surface area contributed by atoms with Gasteiger partial charge in [-0.15, -0.1) is 0 Å². The SMILES string of the molecule is O=C(c1ccc(=O)n(CCOc2ccccc2)n1)N1CCN(S(=O)(=O)c2ccccc2F)CC1. The van der Waals surface area contributed by atoms with E-state index in [0.29, 0.717) is 5.75 Å². The van der Waals surface area contributed by atoms with Crippen molar-refractivity contribution >= 4 is 15.9 Å². The maximum atomic E-state index is 14.0. The van der Waals surface area contributed by atoms with Crippen molar-refractivity contribution in [1.29, 1.82) is 0 Å². The molecule has 0 unspecified atom stereocenters. The Labute approximate surface area is 196 Å². The van der Waals surface area contributed by atoms with Crippen molar-refractivity contribution in [3.05, 3.63) is 88.6 Å². The molecule has 0 spiro atoms. The van der Waals surface area contributed by atoms with Gasteiger partial charge in [0.2, 0.25) is 10.0 Å². The number of carbonyl (C=O) groups is 1. The Morgan fingerprint density at radius 2 is 1.62 bits per heavy atom. The summed E-state index contributed by atoms with van der Waals surface area (Å²) in [6, 6.07) is 16.9. The number of hydrogen-bond donors (Lipinski definition) is 0. The van der Waals surface area contributed by atoms with Crippen molar-refractivity contribution < 1.29 is 22.3 Å². The molecule has 1 aromatic heterocycles. The molecule has 9 nitrogen and oxygen atoms in total. The van der Waals surface area contributed by atoms with Gasteiger partial charge < -0.3 is 9.64 Å². The third kappa shape index (κ3) is 5.15. The number of rotatable bonds is 7. The van der Waals surface area contributed by atoms with E-state index >= 15 is 0 Å². The van der Waals surface area contributed by atoms with Gasteiger partial charge in [0.15, 0.2) is 0 Å². The van der Waals surface area contributed by atoms with Gasteiger partial charge in [-0.1, -0.05) is 30.3 Å². The van der Waals surface area contributed by atoms with Gasteiger partial charge in [-0.2, -0.15) is 9.40 Å². The lowest BCUT2D eigenvalue weighted by Gasteiger charge is -2.33. The second-order valence-electron chi connectivity index (χ2n) is 7.57. The van der Waals surface area contributed by atoms with Gasteiger partial charge >= 0.3 is 0 Å². The molecule has 11 heteroatoms. The second-order valence-corrected chi connectivity index (χ2v) is 9.47. The summed E-state index contributed by atoms with van der Waals surface area (Å²) in [5.41, 5.74) is -0.293. The number of benzene rings is 2. The van der Waals surface area contributed by atoms with Crippen molar-refractivity contribution in [2.75, 3.05) is 32.8 Å². The Kier molecular flexibility index (Phi) is 7.03. The number of halogens is 1. The molecule has 0 atom stereocenters. The summed E-state index contributed by atoms with van der Waals surface area (Å²) in [5.74, 6) is -0.574. The normalized spacial score (nSPS) is 14.7. The zero-order chi connectivity index (χ0) is 24.1. The van der Waals surface area contributed by atoms with Crippen LogP contribution in [0.25, 0.3) is 0 Å². The molecule has 3 aromatic rings. The zero-order valence-corrected chi connectivity index (χ0v) is 19.0. The number of carbonyl (C=O) groups excluding carboxylic acids is 1. The smallest absolute Gasteiger partial charge is 0.274 e. The van der Waals surface area contributed by atoms with E-state index in [1.165, 1.54) is 35.2 Å². The van der Waals surface area contributed by atoms with Crippen LogP contribution in [-0.4, -0.2) is 66.1 Å². The highest BCUT2D eigenvalue weighted by atomic mass is 32.2. The summed E-state index contributed by atoms with van der Waals surface area (Å²) in [4.78, 5) is 26.1. The number of piperazine rings is 1. The number of aromatic nitrogens is 2. The number of para-hydroxylation sites is 1. The average molecular weight is 487 g/mol. The summed E-state index contributed by atoms with van der Waals surface area (Å²) in [5, 5.41) is 4.16. The molecule has 1 amide bonds. The first kappa shape index (κ1) is 23.6. The van der Waals surface area contributed by atoms with Gasteiger partial charge in [0.05, 0.1) is 6.54 Å². The van der Waals surface area contributed by atoms with E-state index in [1.54, 1.807) is 12.1 Å². The molecular formula is C23H23FN4O5S. The first-order chi connectivity index (χ1) is 16.4. The van der Waals surface area contributed by atoms with Crippen LogP contribution in [0.15, 0.2) is 76.4 Å². The van der Waals surface area contributed by atoms with Crippen LogP contribution in [0.4, 0.5) is 4.39 Å². The van der Waals surface area contributed by atoms with Crippen LogP contribution < -0.4 is 10.3 Å². The van der Waals surface area contributed by atoms with Crippen LogP contribution in [0.5, 0.6) is 5.75 Å². The molecule has 1 saturated heterocycles.